The van der Waals surface area contributed by atoms with E-state index in [1.807, 2.05) is 0 Å². The van der Waals surface area contributed by atoms with Crippen LogP contribution in [0.25, 0.3) is 0 Å². The number of H-pyrrole nitrogens is 1. The average molecular weight is 195 g/mol. The van der Waals surface area contributed by atoms with E-state index in [2.05, 4.69) is 16.9 Å². The minimum Gasteiger partial charge on any atom is -0.330 e. The van der Waals surface area contributed by atoms with E-state index in [0.29, 0.717) is 13.0 Å². The van der Waals surface area contributed by atoms with Crippen molar-refractivity contribution < 1.29 is 0 Å². The number of aromatic amines is 1. The fourth-order valence-corrected chi connectivity index (χ4v) is 1.30. The second-order valence-corrected chi connectivity index (χ2v) is 3.33. The molecule has 1 aromatic rings. The van der Waals surface area contributed by atoms with E-state index >= 15 is 0 Å². The third kappa shape index (κ3) is 3.30. The van der Waals surface area contributed by atoms with Crippen molar-refractivity contribution >= 4 is 0 Å². The van der Waals surface area contributed by atoms with Crippen molar-refractivity contribution in [1.29, 1.82) is 0 Å². The highest BCUT2D eigenvalue weighted by Gasteiger charge is 2.00. The number of unbranched alkanes of at least 4 members (excludes halogenated alkanes) is 1. The summed E-state index contributed by atoms with van der Waals surface area (Å²) >= 11 is 0. The van der Waals surface area contributed by atoms with Gasteiger partial charge in [-0.25, -0.2) is 4.98 Å². The Morgan fingerprint density at radius 2 is 2.29 bits per heavy atom. The second kappa shape index (κ2) is 5.54. The number of rotatable bonds is 5. The molecule has 0 spiro atoms. The van der Waals surface area contributed by atoms with Crippen molar-refractivity contribution in [3.8, 4) is 0 Å². The Labute approximate surface area is 83.6 Å². The molecule has 0 bridgehead atoms. The van der Waals surface area contributed by atoms with Gasteiger partial charge in [-0.1, -0.05) is 13.3 Å². The molecule has 1 aromatic heterocycles. The fourth-order valence-electron chi connectivity index (χ4n) is 1.30. The Morgan fingerprint density at radius 3 is 2.93 bits per heavy atom. The number of nitrogens with one attached hydrogen (secondary N) is 1. The van der Waals surface area contributed by atoms with Crippen molar-refractivity contribution in [2.45, 2.75) is 32.6 Å². The van der Waals surface area contributed by atoms with Gasteiger partial charge < -0.3 is 10.7 Å². The molecule has 0 aromatic carbocycles. The van der Waals surface area contributed by atoms with Crippen LogP contribution in [0.4, 0.5) is 0 Å². The summed E-state index contributed by atoms with van der Waals surface area (Å²) in [7, 11) is 0. The number of hydrogen-bond donors (Lipinski definition) is 2. The molecule has 0 atom stereocenters. The first-order valence-electron chi connectivity index (χ1n) is 5.05. The summed E-state index contributed by atoms with van der Waals surface area (Å²) < 4.78 is 0. The lowest BCUT2D eigenvalue weighted by Gasteiger charge is -2.02. The molecule has 0 radical (unpaired) electrons. The lowest BCUT2D eigenvalue weighted by Crippen LogP contribution is -2.15. The van der Waals surface area contributed by atoms with Crippen LogP contribution in [0.1, 0.15) is 31.3 Å². The Hall–Kier alpha value is -1.16. The first-order valence-corrected chi connectivity index (χ1v) is 5.05. The zero-order valence-corrected chi connectivity index (χ0v) is 8.55. The minimum atomic E-state index is -0.0745. The molecule has 3 N–H and O–H groups in total. The largest absolute Gasteiger partial charge is 0.330 e. The van der Waals surface area contributed by atoms with Gasteiger partial charge in [0.05, 0.1) is 0 Å². The number of hydrogen-bond acceptors (Lipinski definition) is 3. The van der Waals surface area contributed by atoms with Crippen LogP contribution in [-0.4, -0.2) is 16.5 Å². The van der Waals surface area contributed by atoms with E-state index in [9.17, 15) is 4.79 Å². The van der Waals surface area contributed by atoms with E-state index in [1.54, 1.807) is 0 Å². The summed E-state index contributed by atoms with van der Waals surface area (Å²) in [5.74, 6) is 0.780. The van der Waals surface area contributed by atoms with Gasteiger partial charge in [-0.2, -0.15) is 0 Å². The van der Waals surface area contributed by atoms with Crippen molar-refractivity contribution in [3.63, 3.8) is 0 Å². The zero-order chi connectivity index (χ0) is 10.4. The van der Waals surface area contributed by atoms with E-state index in [0.717, 1.165) is 30.8 Å². The third-order valence-corrected chi connectivity index (χ3v) is 2.01. The van der Waals surface area contributed by atoms with Gasteiger partial charge in [-0.15, -0.1) is 0 Å². The Kier molecular flexibility index (Phi) is 4.32. The monoisotopic (exact) mass is 195 g/mol. The van der Waals surface area contributed by atoms with Crippen LogP contribution >= 0.6 is 0 Å². The van der Waals surface area contributed by atoms with E-state index < -0.39 is 0 Å². The van der Waals surface area contributed by atoms with Crippen LogP contribution in [0.15, 0.2) is 10.9 Å². The Balaban J connectivity index is 2.78. The number of nitrogens with two attached hydrogens (primary N) is 1. The molecule has 0 amide bonds. The maximum absolute atomic E-state index is 11.2. The highest BCUT2D eigenvalue weighted by Crippen LogP contribution is 1.98. The minimum absolute atomic E-state index is 0.0745. The summed E-state index contributed by atoms with van der Waals surface area (Å²) in [6.45, 7) is 2.64. The SMILES string of the molecule is CCCCc1nc(CCN)cc(=O)[nH]1. The topological polar surface area (TPSA) is 71.8 Å². The van der Waals surface area contributed by atoms with Gasteiger partial charge in [0.15, 0.2) is 0 Å². The highest BCUT2D eigenvalue weighted by molar-refractivity contribution is 5.03. The smallest absolute Gasteiger partial charge is 0.251 e. The van der Waals surface area contributed by atoms with Gasteiger partial charge in [-0.3, -0.25) is 4.79 Å². The van der Waals surface area contributed by atoms with Crippen LogP contribution in [-0.2, 0) is 12.8 Å². The molecule has 0 fully saturated rings. The number of aromatic nitrogens is 2. The summed E-state index contributed by atoms with van der Waals surface area (Å²) in [6, 6.07) is 1.52. The fraction of sp³-hybridized carbons (Fsp3) is 0.600. The lowest BCUT2D eigenvalue weighted by molar-refractivity contribution is 0.735. The van der Waals surface area contributed by atoms with Gasteiger partial charge >= 0.3 is 0 Å². The predicted molar refractivity (Wildman–Crippen MR) is 56.2 cm³/mol. The molecule has 78 valence electrons. The van der Waals surface area contributed by atoms with Crippen molar-refractivity contribution in [2.24, 2.45) is 5.73 Å². The molecule has 1 heterocycles. The standard InChI is InChI=1S/C10H17N3O/c1-2-3-4-9-12-8(5-6-11)7-10(14)13-9/h7H,2-6,11H2,1H3,(H,12,13,14). The summed E-state index contributed by atoms with van der Waals surface area (Å²) in [4.78, 5) is 18.3. The highest BCUT2D eigenvalue weighted by atomic mass is 16.1. The maximum atomic E-state index is 11.2. The summed E-state index contributed by atoms with van der Waals surface area (Å²) in [5, 5.41) is 0. The first kappa shape index (κ1) is 10.9. The van der Waals surface area contributed by atoms with Crippen LogP contribution in [0, 0.1) is 0 Å². The maximum Gasteiger partial charge on any atom is 0.251 e. The summed E-state index contributed by atoms with van der Waals surface area (Å²) in [5.41, 5.74) is 6.13. The van der Waals surface area contributed by atoms with Gasteiger partial charge in [0.25, 0.3) is 5.56 Å². The van der Waals surface area contributed by atoms with E-state index in [4.69, 9.17) is 5.73 Å². The Bertz CT molecular complexity index is 332. The van der Waals surface area contributed by atoms with E-state index in [-0.39, 0.29) is 5.56 Å². The molecule has 14 heavy (non-hydrogen) atoms. The molecular weight excluding hydrogens is 178 g/mol. The lowest BCUT2D eigenvalue weighted by atomic mass is 10.2. The molecule has 0 saturated heterocycles. The Morgan fingerprint density at radius 1 is 1.50 bits per heavy atom. The van der Waals surface area contributed by atoms with E-state index in [1.165, 1.54) is 6.07 Å². The first-order chi connectivity index (χ1) is 6.76. The van der Waals surface area contributed by atoms with Crippen molar-refractivity contribution in [1.82, 2.24) is 9.97 Å². The van der Waals surface area contributed by atoms with Crippen molar-refractivity contribution in [3.05, 3.63) is 27.9 Å². The molecule has 0 aliphatic carbocycles. The van der Waals surface area contributed by atoms with Crippen LogP contribution < -0.4 is 11.3 Å². The van der Waals surface area contributed by atoms with Gasteiger partial charge in [0.1, 0.15) is 5.82 Å². The molecule has 1 rings (SSSR count). The number of nitrogens with zero attached hydrogens (tertiary/aromatic N) is 1. The third-order valence-electron chi connectivity index (χ3n) is 2.01. The van der Waals surface area contributed by atoms with Gasteiger partial charge in [0, 0.05) is 24.6 Å². The van der Waals surface area contributed by atoms with Crippen molar-refractivity contribution in [2.75, 3.05) is 6.54 Å². The van der Waals surface area contributed by atoms with Crippen LogP contribution in [0.3, 0.4) is 0 Å². The quantitative estimate of drug-likeness (QED) is 0.723. The molecule has 0 saturated carbocycles. The summed E-state index contributed by atoms with van der Waals surface area (Å²) in [6.07, 6.45) is 3.66. The van der Waals surface area contributed by atoms with Crippen LogP contribution in [0.2, 0.25) is 0 Å². The second-order valence-electron chi connectivity index (χ2n) is 3.33. The average Bonchev–Trinajstić information content (AvgIpc) is 2.14. The van der Waals surface area contributed by atoms with Crippen LogP contribution in [0.5, 0.6) is 0 Å². The molecule has 4 heteroatoms. The number of aryl methyl sites for hydroxylation is 1. The normalized spacial score (nSPS) is 10.4. The predicted octanol–water partition coefficient (Wildman–Crippen LogP) is 0.614. The zero-order valence-electron chi connectivity index (χ0n) is 8.55. The molecule has 0 unspecified atom stereocenters. The molecular formula is C10H17N3O. The molecule has 4 nitrogen and oxygen atoms in total. The molecule has 0 aliphatic heterocycles. The molecule has 0 aliphatic rings. The van der Waals surface area contributed by atoms with Gasteiger partial charge in [-0.05, 0) is 13.0 Å². The van der Waals surface area contributed by atoms with Gasteiger partial charge in [0.2, 0.25) is 0 Å².